The summed E-state index contributed by atoms with van der Waals surface area (Å²) < 4.78 is 1.92. The van der Waals surface area contributed by atoms with Crippen molar-refractivity contribution in [3.63, 3.8) is 0 Å². The van der Waals surface area contributed by atoms with Crippen LogP contribution in [-0.4, -0.2) is 20.7 Å². The molecule has 0 fully saturated rings. The van der Waals surface area contributed by atoms with Crippen LogP contribution in [0.2, 0.25) is 0 Å². The molecule has 1 aliphatic heterocycles. The predicted molar refractivity (Wildman–Crippen MR) is 84.4 cm³/mol. The number of nitrogens with one attached hydrogen (secondary N) is 1. The van der Waals surface area contributed by atoms with Crippen LogP contribution in [0.1, 0.15) is 48.1 Å². The van der Waals surface area contributed by atoms with E-state index < -0.39 is 0 Å². The van der Waals surface area contributed by atoms with E-state index in [0.717, 1.165) is 37.5 Å². The van der Waals surface area contributed by atoms with Crippen LogP contribution < -0.4 is 5.32 Å². The van der Waals surface area contributed by atoms with Gasteiger partial charge in [-0.2, -0.15) is 5.10 Å². The van der Waals surface area contributed by atoms with E-state index in [0.29, 0.717) is 6.42 Å². The molecule has 0 aliphatic carbocycles. The summed E-state index contributed by atoms with van der Waals surface area (Å²) in [5, 5.41) is 7.48. The third kappa shape index (κ3) is 3.35. The summed E-state index contributed by atoms with van der Waals surface area (Å²) in [6.45, 7) is 4.86. The number of carbonyl (C=O) groups excluding carboxylic acids is 1. The Labute approximate surface area is 130 Å². The van der Waals surface area contributed by atoms with E-state index in [4.69, 9.17) is 0 Å². The van der Waals surface area contributed by atoms with Gasteiger partial charge in [0.1, 0.15) is 11.6 Å². The number of aromatic nitrogens is 3. The first-order chi connectivity index (χ1) is 10.6. The van der Waals surface area contributed by atoms with Gasteiger partial charge in [-0.1, -0.05) is 29.8 Å². The first-order valence-electron chi connectivity index (χ1n) is 7.88. The third-order valence-corrected chi connectivity index (χ3v) is 4.04. The summed E-state index contributed by atoms with van der Waals surface area (Å²) >= 11 is 0. The first kappa shape index (κ1) is 14.8. The fraction of sp³-hybridized carbons (Fsp3) is 0.471. The minimum atomic E-state index is -0.0000375. The van der Waals surface area contributed by atoms with Gasteiger partial charge in [-0.05, 0) is 38.7 Å². The summed E-state index contributed by atoms with van der Waals surface area (Å²) in [4.78, 5) is 16.7. The molecule has 1 atom stereocenters. The molecule has 116 valence electrons. The van der Waals surface area contributed by atoms with Crippen LogP contribution >= 0.6 is 0 Å². The van der Waals surface area contributed by atoms with E-state index in [1.807, 2.05) is 17.7 Å². The van der Waals surface area contributed by atoms with Crippen molar-refractivity contribution in [1.29, 1.82) is 0 Å². The fourth-order valence-electron chi connectivity index (χ4n) is 3.00. The highest BCUT2D eigenvalue weighted by atomic mass is 16.1. The molecule has 1 N–H and O–H groups in total. The number of aryl methyl sites for hydroxylation is 4. The Kier molecular flexibility index (Phi) is 4.22. The Hall–Kier alpha value is -2.17. The molecular formula is C17H22N4O. The van der Waals surface area contributed by atoms with Crippen molar-refractivity contribution in [3.05, 3.63) is 47.0 Å². The standard InChI is InChI=1S/C17H22N4O/c1-12-5-3-6-14(11-12)8-9-16(22)19-15-7-4-10-21-17(15)18-13(2)20-21/h3,5-6,11,15H,4,7-10H2,1-2H3,(H,19,22)/t15-/m0/s1. The van der Waals surface area contributed by atoms with Crippen LogP contribution in [-0.2, 0) is 17.8 Å². The Morgan fingerprint density at radius 2 is 2.27 bits per heavy atom. The molecule has 2 heterocycles. The Morgan fingerprint density at radius 1 is 1.41 bits per heavy atom. The lowest BCUT2D eigenvalue weighted by Crippen LogP contribution is -2.33. The zero-order chi connectivity index (χ0) is 15.5. The number of carbonyl (C=O) groups is 1. The number of fused-ring (bicyclic) bond motifs is 1. The van der Waals surface area contributed by atoms with Crippen LogP contribution in [0.25, 0.3) is 0 Å². The van der Waals surface area contributed by atoms with Crippen molar-refractivity contribution in [3.8, 4) is 0 Å². The number of nitrogens with zero attached hydrogens (tertiary/aromatic N) is 3. The van der Waals surface area contributed by atoms with E-state index >= 15 is 0 Å². The van der Waals surface area contributed by atoms with E-state index in [9.17, 15) is 4.79 Å². The first-order valence-corrected chi connectivity index (χ1v) is 7.88. The smallest absolute Gasteiger partial charge is 0.220 e. The molecule has 2 aromatic rings. The molecule has 1 aromatic heterocycles. The second-order valence-corrected chi connectivity index (χ2v) is 5.99. The Morgan fingerprint density at radius 3 is 3.09 bits per heavy atom. The molecule has 0 spiro atoms. The van der Waals surface area contributed by atoms with E-state index in [1.54, 1.807) is 0 Å². The van der Waals surface area contributed by atoms with Crippen LogP contribution in [0, 0.1) is 13.8 Å². The summed E-state index contributed by atoms with van der Waals surface area (Å²) in [5.74, 6) is 1.75. The number of amides is 1. The number of hydrogen-bond donors (Lipinski definition) is 1. The van der Waals surface area contributed by atoms with Crippen molar-refractivity contribution in [2.45, 2.75) is 52.1 Å². The maximum atomic E-state index is 12.2. The third-order valence-electron chi connectivity index (χ3n) is 4.04. The quantitative estimate of drug-likeness (QED) is 0.943. The predicted octanol–water partition coefficient (Wildman–Crippen LogP) is 2.48. The monoisotopic (exact) mass is 298 g/mol. The van der Waals surface area contributed by atoms with Crippen LogP contribution in [0.4, 0.5) is 0 Å². The number of rotatable bonds is 4. The van der Waals surface area contributed by atoms with Gasteiger partial charge in [0.25, 0.3) is 0 Å². The molecule has 0 saturated heterocycles. The highest BCUT2D eigenvalue weighted by molar-refractivity contribution is 5.76. The number of hydrogen-bond acceptors (Lipinski definition) is 3. The molecule has 3 rings (SSSR count). The van der Waals surface area contributed by atoms with Crippen molar-refractivity contribution >= 4 is 5.91 Å². The van der Waals surface area contributed by atoms with Crippen molar-refractivity contribution < 1.29 is 4.79 Å². The largest absolute Gasteiger partial charge is 0.346 e. The highest BCUT2D eigenvalue weighted by Gasteiger charge is 2.24. The van der Waals surface area contributed by atoms with Gasteiger partial charge >= 0.3 is 0 Å². The fourth-order valence-corrected chi connectivity index (χ4v) is 3.00. The molecule has 0 saturated carbocycles. The van der Waals surface area contributed by atoms with E-state index in [-0.39, 0.29) is 11.9 Å². The lowest BCUT2D eigenvalue weighted by Gasteiger charge is -2.23. The molecule has 1 aliphatic rings. The van der Waals surface area contributed by atoms with Crippen molar-refractivity contribution in [2.24, 2.45) is 0 Å². The Bertz CT molecular complexity index is 677. The van der Waals surface area contributed by atoms with Gasteiger partial charge in [0.05, 0.1) is 6.04 Å². The maximum Gasteiger partial charge on any atom is 0.220 e. The van der Waals surface area contributed by atoms with Gasteiger partial charge in [-0.3, -0.25) is 4.79 Å². The second kappa shape index (κ2) is 6.30. The van der Waals surface area contributed by atoms with E-state index in [2.05, 4.69) is 40.5 Å². The molecule has 1 aromatic carbocycles. The SMILES string of the molecule is Cc1cccc(CCC(=O)N[C@H]2CCCn3nc(C)nc32)c1. The molecule has 0 unspecified atom stereocenters. The lowest BCUT2D eigenvalue weighted by molar-refractivity contribution is -0.122. The minimum absolute atomic E-state index is 0.0000375. The summed E-state index contributed by atoms with van der Waals surface area (Å²) in [6.07, 6.45) is 3.24. The zero-order valence-electron chi connectivity index (χ0n) is 13.2. The van der Waals surface area contributed by atoms with Crippen LogP contribution in [0.15, 0.2) is 24.3 Å². The molecule has 0 bridgehead atoms. The van der Waals surface area contributed by atoms with Crippen molar-refractivity contribution in [1.82, 2.24) is 20.1 Å². The van der Waals surface area contributed by atoms with Gasteiger partial charge in [-0.15, -0.1) is 0 Å². The van der Waals surface area contributed by atoms with Gasteiger partial charge in [-0.25, -0.2) is 9.67 Å². The molecule has 22 heavy (non-hydrogen) atoms. The lowest BCUT2D eigenvalue weighted by atomic mass is 10.1. The average Bonchev–Trinajstić information content (AvgIpc) is 2.87. The van der Waals surface area contributed by atoms with Crippen molar-refractivity contribution in [2.75, 3.05) is 0 Å². The molecule has 0 radical (unpaired) electrons. The minimum Gasteiger partial charge on any atom is -0.346 e. The van der Waals surface area contributed by atoms with Crippen LogP contribution in [0.3, 0.4) is 0 Å². The molecule has 5 heteroatoms. The van der Waals surface area contributed by atoms with Gasteiger partial charge in [0, 0.05) is 13.0 Å². The molecular weight excluding hydrogens is 276 g/mol. The molecule has 1 amide bonds. The zero-order valence-corrected chi connectivity index (χ0v) is 13.2. The highest BCUT2D eigenvalue weighted by Crippen LogP contribution is 2.23. The summed E-state index contributed by atoms with van der Waals surface area (Å²) in [7, 11) is 0. The van der Waals surface area contributed by atoms with E-state index in [1.165, 1.54) is 11.1 Å². The van der Waals surface area contributed by atoms with Gasteiger partial charge in [0.2, 0.25) is 5.91 Å². The number of benzene rings is 1. The van der Waals surface area contributed by atoms with Gasteiger partial charge < -0.3 is 5.32 Å². The average molecular weight is 298 g/mol. The summed E-state index contributed by atoms with van der Waals surface area (Å²) in [5.41, 5.74) is 2.44. The molecule has 5 nitrogen and oxygen atoms in total. The summed E-state index contributed by atoms with van der Waals surface area (Å²) in [6, 6.07) is 8.31. The normalized spacial score (nSPS) is 17.1. The van der Waals surface area contributed by atoms with Gasteiger partial charge in [0.15, 0.2) is 0 Å². The van der Waals surface area contributed by atoms with Crippen LogP contribution in [0.5, 0.6) is 0 Å². The Balaban J connectivity index is 1.58. The maximum absolute atomic E-state index is 12.2. The second-order valence-electron chi connectivity index (χ2n) is 5.99. The topological polar surface area (TPSA) is 59.8 Å².